The topological polar surface area (TPSA) is 41.9 Å². The average molecular weight is 631 g/mol. The minimum absolute atomic E-state index is 0.588. The number of hydrogen-bond acceptors (Lipinski definition) is 5. The summed E-state index contributed by atoms with van der Waals surface area (Å²) in [7, 11) is 0. The van der Waals surface area contributed by atoms with Crippen molar-refractivity contribution in [1.82, 2.24) is 15.0 Å². The van der Waals surface area contributed by atoms with Crippen molar-refractivity contribution in [2.24, 2.45) is 0 Å². The molecule has 1 aliphatic rings. The predicted octanol–water partition coefficient (Wildman–Crippen LogP) is 11.8. The number of aromatic nitrogens is 3. The van der Waals surface area contributed by atoms with Gasteiger partial charge in [-0.2, -0.15) is 9.97 Å². The Morgan fingerprint density at radius 2 is 1.08 bits per heavy atom. The Balaban J connectivity index is 1.23. The number of nitrogens with zero attached hydrogens (tertiary/aromatic N) is 4. The fourth-order valence-electron chi connectivity index (χ4n) is 7.06. The van der Waals surface area contributed by atoms with Gasteiger partial charge in [0.05, 0.1) is 11.4 Å². The number of rotatable bonds is 4. The van der Waals surface area contributed by atoms with E-state index in [9.17, 15) is 0 Å². The van der Waals surface area contributed by atoms with E-state index >= 15 is 0 Å². The minimum Gasteiger partial charge on any atom is -0.278 e. The third-order valence-electron chi connectivity index (χ3n) is 9.25. The second-order valence-corrected chi connectivity index (χ2v) is 13.1. The van der Waals surface area contributed by atoms with Gasteiger partial charge in [-0.05, 0) is 46.3 Å². The quantitative estimate of drug-likeness (QED) is 0.194. The van der Waals surface area contributed by atoms with Gasteiger partial charge in [0.25, 0.3) is 0 Å². The summed E-state index contributed by atoms with van der Waals surface area (Å²) < 4.78 is 2.61. The molecule has 0 amide bonds. The van der Waals surface area contributed by atoms with E-state index < -0.39 is 0 Å². The second kappa shape index (κ2) is 10.7. The molecule has 9 aromatic rings. The highest BCUT2D eigenvalue weighted by Crippen LogP contribution is 2.52. The fraction of sp³-hybridized carbons (Fsp3) is 0. The van der Waals surface area contributed by atoms with Gasteiger partial charge in [-0.3, -0.25) is 4.90 Å². The number of hydrogen-bond donors (Lipinski definition) is 0. The Hall–Kier alpha value is -6.17. The maximum Gasteiger partial charge on any atom is 0.238 e. The van der Waals surface area contributed by atoms with Crippen molar-refractivity contribution in [2.45, 2.75) is 0 Å². The van der Waals surface area contributed by atoms with Gasteiger partial charge in [-0.25, -0.2) is 4.98 Å². The SMILES string of the molecule is c1ccc(-c2nc(-c3ccccc3)nc(N3c4ccc(-c5cccc6c5sc5ccccc56)cc4-c4cccc5cccc3c45)n2)cc1. The molecule has 2 aromatic heterocycles. The van der Waals surface area contributed by atoms with Crippen LogP contribution in [0.3, 0.4) is 0 Å². The van der Waals surface area contributed by atoms with Crippen LogP contribution in [0.25, 0.3) is 76.0 Å². The minimum atomic E-state index is 0.588. The molecule has 3 heterocycles. The molecule has 0 bridgehead atoms. The smallest absolute Gasteiger partial charge is 0.238 e. The summed E-state index contributed by atoms with van der Waals surface area (Å²) in [6.07, 6.45) is 0. The van der Waals surface area contributed by atoms with Crippen LogP contribution < -0.4 is 4.90 Å². The van der Waals surface area contributed by atoms with Crippen molar-refractivity contribution in [1.29, 1.82) is 0 Å². The van der Waals surface area contributed by atoms with Crippen LogP contribution in [0.1, 0.15) is 0 Å². The normalized spacial score (nSPS) is 12.1. The molecule has 5 heteroatoms. The molecule has 7 aromatic carbocycles. The molecular weight excluding hydrogens is 605 g/mol. The first-order valence-corrected chi connectivity index (χ1v) is 16.9. The first kappa shape index (κ1) is 27.0. The number of fused-ring (bicyclic) bond motifs is 5. The molecule has 0 saturated carbocycles. The van der Waals surface area contributed by atoms with Crippen LogP contribution in [0, 0.1) is 0 Å². The standard InChI is InChI=1S/C43H26N4S/c1-3-12-28(13-4-1)41-44-42(29-14-5-2-6-15-29)46-43(45-41)47-36-25-24-30(26-35(36)33-20-9-16-27-17-10-22-37(47)39(27)33)31-19-11-21-34-32-18-7-8-23-38(32)48-40(31)34/h1-26H. The second-order valence-electron chi connectivity index (χ2n) is 12.0. The largest absolute Gasteiger partial charge is 0.278 e. The average Bonchev–Trinajstić information content (AvgIpc) is 3.55. The Morgan fingerprint density at radius 3 is 1.85 bits per heavy atom. The van der Waals surface area contributed by atoms with Gasteiger partial charge in [-0.15, -0.1) is 11.3 Å². The molecule has 0 radical (unpaired) electrons. The van der Waals surface area contributed by atoms with E-state index in [0.717, 1.165) is 28.1 Å². The van der Waals surface area contributed by atoms with E-state index in [1.165, 1.54) is 47.6 Å². The van der Waals surface area contributed by atoms with Crippen molar-refractivity contribution in [2.75, 3.05) is 4.90 Å². The predicted molar refractivity (Wildman–Crippen MR) is 200 cm³/mol. The van der Waals surface area contributed by atoms with E-state index in [0.29, 0.717) is 17.6 Å². The van der Waals surface area contributed by atoms with Crippen molar-refractivity contribution in [3.8, 4) is 45.0 Å². The fourth-order valence-corrected chi connectivity index (χ4v) is 8.30. The Bertz CT molecular complexity index is 2620. The molecule has 0 spiro atoms. The lowest BCUT2D eigenvalue weighted by Gasteiger charge is -2.32. The van der Waals surface area contributed by atoms with Crippen LogP contribution in [0.15, 0.2) is 158 Å². The molecule has 48 heavy (non-hydrogen) atoms. The van der Waals surface area contributed by atoms with Crippen molar-refractivity contribution in [3.63, 3.8) is 0 Å². The van der Waals surface area contributed by atoms with E-state index in [-0.39, 0.29) is 0 Å². The zero-order chi connectivity index (χ0) is 31.6. The molecule has 0 aliphatic carbocycles. The molecule has 0 unspecified atom stereocenters. The molecular formula is C43H26N4S. The highest BCUT2D eigenvalue weighted by Gasteiger charge is 2.29. The van der Waals surface area contributed by atoms with E-state index in [1.54, 1.807) is 0 Å². The van der Waals surface area contributed by atoms with Crippen molar-refractivity contribution >= 4 is 59.6 Å². The summed E-state index contributed by atoms with van der Waals surface area (Å²) in [5.41, 5.74) is 8.77. The lowest BCUT2D eigenvalue weighted by Crippen LogP contribution is -2.18. The van der Waals surface area contributed by atoms with Crippen molar-refractivity contribution in [3.05, 3.63) is 158 Å². The van der Waals surface area contributed by atoms with E-state index in [2.05, 4.69) is 126 Å². The molecule has 0 saturated heterocycles. The van der Waals surface area contributed by atoms with Gasteiger partial charge in [0.1, 0.15) is 0 Å². The van der Waals surface area contributed by atoms with Crippen LogP contribution >= 0.6 is 11.3 Å². The van der Waals surface area contributed by atoms with Crippen LogP contribution in [0.4, 0.5) is 17.3 Å². The summed E-state index contributed by atoms with van der Waals surface area (Å²) in [4.78, 5) is 17.5. The zero-order valence-electron chi connectivity index (χ0n) is 25.7. The van der Waals surface area contributed by atoms with Gasteiger partial charge in [-0.1, -0.05) is 133 Å². The Morgan fingerprint density at radius 1 is 0.438 bits per heavy atom. The van der Waals surface area contributed by atoms with Gasteiger partial charge in [0, 0.05) is 42.2 Å². The Kier molecular flexibility index (Phi) is 6.01. The first-order valence-electron chi connectivity index (χ1n) is 16.0. The van der Waals surface area contributed by atoms with Crippen LogP contribution in [0.2, 0.25) is 0 Å². The number of anilines is 3. The van der Waals surface area contributed by atoms with Gasteiger partial charge in [0.2, 0.25) is 5.95 Å². The molecule has 224 valence electrons. The van der Waals surface area contributed by atoms with E-state index in [1.807, 2.05) is 47.7 Å². The molecule has 1 aliphatic heterocycles. The lowest BCUT2D eigenvalue weighted by molar-refractivity contribution is 1.02. The number of benzene rings is 7. The molecule has 0 fully saturated rings. The Labute approximate surface area is 281 Å². The van der Waals surface area contributed by atoms with Gasteiger partial charge >= 0.3 is 0 Å². The lowest BCUT2D eigenvalue weighted by atomic mass is 9.89. The van der Waals surface area contributed by atoms with Gasteiger partial charge in [0.15, 0.2) is 11.6 Å². The van der Waals surface area contributed by atoms with Crippen LogP contribution in [-0.4, -0.2) is 15.0 Å². The monoisotopic (exact) mass is 630 g/mol. The highest BCUT2D eigenvalue weighted by atomic mass is 32.1. The maximum atomic E-state index is 5.16. The van der Waals surface area contributed by atoms with Gasteiger partial charge < -0.3 is 0 Å². The zero-order valence-corrected chi connectivity index (χ0v) is 26.5. The third kappa shape index (κ3) is 4.18. The summed E-state index contributed by atoms with van der Waals surface area (Å²) in [5.74, 6) is 1.87. The summed E-state index contributed by atoms with van der Waals surface area (Å²) in [6.45, 7) is 0. The molecule has 10 rings (SSSR count). The summed E-state index contributed by atoms with van der Waals surface area (Å²) in [6, 6.07) is 55.6. The van der Waals surface area contributed by atoms with Crippen molar-refractivity contribution < 1.29 is 0 Å². The number of thiophene rings is 1. The first-order chi connectivity index (χ1) is 23.8. The third-order valence-corrected chi connectivity index (χ3v) is 10.5. The van der Waals surface area contributed by atoms with Crippen LogP contribution in [0.5, 0.6) is 0 Å². The van der Waals surface area contributed by atoms with E-state index in [4.69, 9.17) is 15.0 Å². The summed E-state index contributed by atoms with van der Waals surface area (Å²) >= 11 is 1.86. The molecule has 0 N–H and O–H groups in total. The summed E-state index contributed by atoms with van der Waals surface area (Å²) in [5, 5.41) is 4.97. The molecule has 0 atom stereocenters. The highest BCUT2D eigenvalue weighted by molar-refractivity contribution is 7.26. The maximum absolute atomic E-state index is 5.16. The molecule has 4 nitrogen and oxygen atoms in total. The van der Waals surface area contributed by atoms with Crippen LogP contribution in [-0.2, 0) is 0 Å².